The topological polar surface area (TPSA) is 32.3 Å². The Hall–Kier alpha value is -0.540. The van der Waals surface area contributed by atoms with Crippen LogP contribution in [0.1, 0.15) is 18.4 Å². The van der Waals surface area contributed by atoms with Crippen LogP contribution in [0.4, 0.5) is 0 Å². The minimum absolute atomic E-state index is 0.348. The Balaban J connectivity index is 2.10. The highest BCUT2D eigenvalue weighted by molar-refractivity contribution is 9.10. The predicted octanol–water partition coefficient (Wildman–Crippen LogP) is 2.45. The normalized spacial score (nSPS) is 21.4. The minimum atomic E-state index is 0.348. The number of hydrogen-bond acceptors (Lipinski definition) is 2. The quantitative estimate of drug-likeness (QED) is 0.851. The Morgan fingerprint density at radius 1 is 1.50 bits per heavy atom. The van der Waals surface area contributed by atoms with Crippen molar-refractivity contribution in [1.29, 1.82) is 0 Å². The maximum absolute atomic E-state index is 9.37. The lowest BCUT2D eigenvalue weighted by Gasteiger charge is -2.11. The molecule has 3 heteroatoms. The van der Waals surface area contributed by atoms with Crippen molar-refractivity contribution in [3.05, 3.63) is 28.2 Å². The van der Waals surface area contributed by atoms with E-state index in [-0.39, 0.29) is 0 Å². The zero-order chi connectivity index (χ0) is 9.97. The predicted molar refractivity (Wildman–Crippen MR) is 60.5 cm³/mol. The molecule has 1 saturated heterocycles. The highest BCUT2D eigenvalue weighted by Crippen LogP contribution is 2.24. The molecule has 1 atom stereocenters. The van der Waals surface area contributed by atoms with Gasteiger partial charge in [0.05, 0.1) is 0 Å². The number of rotatable bonds is 2. The van der Waals surface area contributed by atoms with Crippen LogP contribution in [0, 0.1) is 0 Å². The SMILES string of the molecule is Oc1ccc(Br)c(CC2CCCN2)c1. The molecular formula is C11H14BrNO. The summed E-state index contributed by atoms with van der Waals surface area (Å²) in [5.41, 5.74) is 1.18. The van der Waals surface area contributed by atoms with Crippen molar-refractivity contribution in [3.63, 3.8) is 0 Å². The van der Waals surface area contributed by atoms with E-state index in [0.717, 1.165) is 17.4 Å². The third kappa shape index (κ3) is 2.28. The summed E-state index contributed by atoms with van der Waals surface area (Å²) in [5.74, 6) is 0.348. The Morgan fingerprint density at radius 3 is 3.07 bits per heavy atom. The Bertz CT molecular complexity index is 321. The lowest BCUT2D eigenvalue weighted by Crippen LogP contribution is -2.23. The Kier molecular flexibility index (Phi) is 3.08. The molecule has 1 aromatic carbocycles. The molecule has 2 nitrogen and oxygen atoms in total. The van der Waals surface area contributed by atoms with Crippen molar-refractivity contribution in [3.8, 4) is 5.75 Å². The van der Waals surface area contributed by atoms with Crippen molar-refractivity contribution >= 4 is 15.9 Å². The summed E-state index contributed by atoms with van der Waals surface area (Å²) in [6, 6.07) is 6.02. The number of phenolic OH excluding ortho intramolecular Hbond substituents is 1. The van der Waals surface area contributed by atoms with Crippen molar-refractivity contribution < 1.29 is 5.11 Å². The first-order valence-corrected chi connectivity index (χ1v) is 5.76. The lowest BCUT2D eigenvalue weighted by atomic mass is 10.0. The average Bonchev–Trinajstić information content (AvgIpc) is 2.64. The van der Waals surface area contributed by atoms with Gasteiger partial charge in [-0.15, -0.1) is 0 Å². The summed E-state index contributed by atoms with van der Waals surface area (Å²) in [4.78, 5) is 0. The van der Waals surface area contributed by atoms with Crippen LogP contribution >= 0.6 is 15.9 Å². The van der Waals surface area contributed by atoms with E-state index in [1.165, 1.54) is 18.4 Å². The molecular weight excluding hydrogens is 242 g/mol. The van der Waals surface area contributed by atoms with Gasteiger partial charge in [0.15, 0.2) is 0 Å². The van der Waals surface area contributed by atoms with Gasteiger partial charge >= 0.3 is 0 Å². The Morgan fingerprint density at radius 2 is 2.36 bits per heavy atom. The average molecular weight is 256 g/mol. The van der Waals surface area contributed by atoms with E-state index in [1.54, 1.807) is 6.07 Å². The summed E-state index contributed by atoms with van der Waals surface area (Å²) in [6.45, 7) is 1.13. The van der Waals surface area contributed by atoms with Gasteiger partial charge in [0.1, 0.15) is 5.75 Å². The second-order valence-electron chi connectivity index (χ2n) is 3.77. The molecule has 1 fully saturated rings. The van der Waals surface area contributed by atoms with Crippen LogP contribution in [0.25, 0.3) is 0 Å². The molecule has 1 heterocycles. The summed E-state index contributed by atoms with van der Waals surface area (Å²) in [6.07, 6.45) is 3.50. The van der Waals surface area contributed by atoms with Crippen LogP contribution in [0.5, 0.6) is 5.75 Å². The molecule has 14 heavy (non-hydrogen) atoms. The number of nitrogens with one attached hydrogen (secondary N) is 1. The van der Waals surface area contributed by atoms with Gasteiger partial charge in [-0.2, -0.15) is 0 Å². The smallest absolute Gasteiger partial charge is 0.115 e. The van der Waals surface area contributed by atoms with Gasteiger partial charge in [0.25, 0.3) is 0 Å². The molecule has 0 saturated carbocycles. The number of benzene rings is 1. The zero-order valence-electron chi connectivity index (χ0n) is 7.96. The van der Waals surface area contributed by atoms with E-state index < -0.39 is 0 Å². The van der Waals surface area contributed by atoms with Gasteiger partial charge < -0.3 is 10.4 Å². The number of phenols is 1. The molecule has 1 aromatic rings. The summed E-state index contributed by atoms with van der Waals surface area (Å²) < 4.78 is 1.09. The largest absolute Gasteiger partial charge is 0.508 e. The maximum Gasteiger partial charge on any atom is 0.115 e. The fraction of sp³-hybridized carbons (Fsp3) is 0.455. The van der Waals surface area contributed by atoms with E-state index in [1.807, 2.05) is 12.1 Å². The van der Waals surface area contributed by atoms with Gasteiger partial charge in [-0.1, -0.05) is 15.9 Å². The molecule has 0 radical (unpaired) electrons. The van der Waals surface area contributed by atoms with Crippen LogP contribution in [0.2, 0.25) is 0 Å². The van der Waals surface area contributed by atoms with E-state index in [0.29, 0.717) is 11.8 Å². The van der Waals surface area contributed by atoms with Crippen LogP contribution in [0.3, 0.4) is 0 Å². The second-order valence-corrected chi connectivity index (χ2v) is 4.63. The minimum Gasteiger partial charge on any atom is -0.508 e. The van der Waals surface area contributed by atoms with Crippen LogP contribution < -0.4 is 5.32 Å². The molecule has 0 aliphatic carbocycles. The summed E-state index contributed by atoms with van der Waals surface area (Å²) >= 11 is 3.50. The van der Waals surface area contributed by atoms with E-state index in [4.69, 9.17) is 0 Å². The third-order valence-electron chi connectivity index (χ3n) is 2.66. The molecule has 0 bridgehead atoms. The van der Waals surface area contributed by atoms with Crippen molar-refractivity contribution in [1.82, 2.24) is 5.32 Å². The molecule has 0 aromatic heterocycles. The number of hydrogen-bond donors (Lipinski definition) is 2. The molecule has 1 unspecified atom stereocenters. The number of halogens is 1. The van der Waals surface area contributed by atoms with Gasteiger partial charge in [-0.25, -0.2) is 0 Å². The fourth-order valence-corrected chi connectivity index (χ4v) is 2.32. The Labute approximate surface area is 92.5 Å². The first-order chi connectivity index (χ1) is 6.75. The summed E-state index contributed by atoms with van der Waals surface area (Å²) in [5, 5.41) is 12.8. The van der Waals surface area contributed by atoms with Gasteiger partial charge in [-0.05, 0) is 49.6 Å². The van der Waals surface area contributed by atoms with E-state index >= 15 is 0 Å². The first kappa shape index (κ1) is 9.99. The van der Waals surface area contributed by atoms with Crippen molar-refractivity contribution in [2.75, 3.05) is 6.54 Å². The van der Waals surface area contributed by atoms with Crippen LogP contribution in [-0.2, 0) is 6.42 Å². The molecule has 76 valence electrons. The number of aromatic hydroxyl groups is 1. The maximum atomic E-state index is 9.37. The summed E-state index contributed by atoms with van der Waals surface area (Å²) in [7, 11) is 0. The highest BCUT2D eigenvalue weighted by atomic mass is 79.9. The van der Waals surface area contributed by atoms with Crippen LogP contribution in [0.15, 0.2) is 22.7 Å². The molecule has 2 rings (SSSR count). The monoisotopic (exact) mass is 255 g/mol. The molecule has 1 aliphatic heterocycles. The fourth-order valence-electron chi connectivity index (χ4n) is 1.91. The lowest BCUT2D eigenvalue weighted by molar-refractivity contribution is 0.473. The molecule has 0 amide bonds. The molecule has 0 spiro atoms. The van der Waals surface area contributed by atoms with Crippen molar-refractivity contribution in [2.24, 2.45) is 0 Å². The third-order valence-corrected chi connectivity index (χ3v) is 3.43. The van der Waals surface area contributed by atoms with Crippen LogP contribution in [-0.4, -0.2) is 17.7 Å². The standard InChI is InChI=1S/C11H14BrNO/c12-11-4-3-10(14)7-8(11)6-9-2-1-5-13-9/h3-4,7,9,13-14H,1-2,5-6H2. The molecule has 2 N–H and O–H groups in total. The van der Waals surface area contributed by atoms with Crippen molar-refractivity contribution in [2.45, 2.75) is 25.3 Å². The van der Waals surface area contributed by atoms with Gasteiger partial charge in [0, 0.05) is 10.5 Å². The zero-order valence-corrected chi connectivity index (χ0v) is 9.55. The molecule has 1 aliphatic rings. The van der Waals surface area contributed by atoms with E-state index in [2.05, 4.69) is 21.2 Å². The highest BCUT2D eigenvalue weighted by Gasteiger charge is 2.15. The first-order valence-electron chi connectivity index (χ1n) is 4.96. The van der Waals surface area contributed by atoms with E-state index in [9.17, 15) is 5.11 Å². The van der Waals surface area contributed by atoms with Gasteiger partial charge in [0.2, 0.25) is 0 Å². The van der Waals surface area contributed by atoms with Gasteiger partial charge in [-0.3, -0.25) is 0 Å². The second kappa shape index (κ2) is 4.32.